The molecule has 0 aliphatic heterocycles. The average molecular weight is 359 g/mol. The summed E-state index contributed by atoms with van der Waals surface area (Å²) in [6, 6.07) is 4.41. The zero-order valence-electron chi connectivity index (χ0n) is 10.4. The fourth-order valence-electron chi connectivity index (χ4n) is 1.58. The number of sulfonamides is 1. The van der Waals surface area contributed by atoms with Gasteiger partial charge in [-0.2, -0.15) is 0 Å². The maximum absolute atomic E-state index is 12.2. The van der Waals surface area contributed by atoms with Crippen LogP contribution < -0.4 is 10.5 Å². The Balaban J connectivity index is 2.36. The highest BCUT2D eigenvalue weighted by molar-refractivity contribution is 9.10. The van der Waals surface area contributed by atoms with Crippen molar-refractivity contribution in [3.05, 3.63) is 40.8 Å². The predicted octanol–water partition coefficient (Wildman–Crippen LogP) is 1.08. The van der Waals surface area contributed by atoms with Crippen molar-refractivity contribution in [2.24, 2.45) is 12.8 Å². The Hall–Kier alpha value is -1.87. The minimum Gasteiger partial charge on any atom is -0.364 e. The van der Waals surface area contributed by atoms with E-state index in [2.05, 4.69) is 25.6 Å². The Morgan fingerprint density at radius 1 is 1.45 bits per heavy atom. The van der Waals surface area contributed by atoms with E-state index in [9.17, 15) is 13.2 Å². The molecule has 0 aromatic carbocycles. The van der Waals surface area contributed by atoms with E-state index in [4.69, 9.17) is 5.73 Å². The second kappa shape index (κ2) is 5.25. The Kier molecular flexibility index (Phi) is 3.82. The summed E-state index contributed by atoms with van der Waals surface area (Å²) in [5.41, 5.74) is 5.25. The van der Waals surface area contributed by atoms with Crippen molar-refractivity contribution in [3.8, 4) is 0 Å². The minimum absolute atomic E-state index is 0.0597. The Morgan fingerprint density at radius 2 is 2.15 bits per heavy atom. The zero-order chi connectivity index (χ0) is 14.9. The fraction of sp³-hybridized carbons (Fsp3) is 0.0909. The number of hydrogen-bond acceptors (Lipinski definition) is 4. The van der Waals surface area contributed by atoms with E-state index in [1.807, 2.05) is 0 Å². The van der Waals surface area contributed by atoms with Gasteiger partial charge in [-0.25, -0.2) is 13.4 Å². The third kappa shape index (κ3) is 2.99. The monoisotopic (exact) mass is 358 g/mol. The average Bonchev–Trinajstić information content (AvgIpc) is 2.71. The summed E-state index contributed by atoms with van der Waals surface area (Å²) in [4.78, 5) is 15.0. The first-order valence-electron chi connectivity index (χ1n) is 5.40. The van der Waals surface area contributed by atoms with Gasteiger partial charge in [0.2, 0.25) is 0 Å². The predicted molar refractivity (Wildman–Crippen MR) is 76.7 cm³/mol. The molecule has 106 valence electrons. The number of primary amides is 1. The standard InChI is InChI=1S/C11H11BrN4O3S/c1-16-6-8(5-9(16)11(13)17)20(18,19)15-10-4-7(12)2-3-14-10/h2-6H,1H3,(H2,13,17)(H,14,15). The lowest BCUT2D eigenvalue weighted by atomic mass is 10.4. The molecule has 1 amide bonds. The van der Waals surface area contributed by atoms with Crippen LogP contribution in [-0.2, 0) is 17.1 Å². The topological polar surface area (TPSA) is 107 Å². The van der Waals surface area contributed by atoms with E-state index < -0.39 is 15.9 Å². The number of hydrogen-bond donors (Lipinski definition) is 2. The summed E-state index contributed by atoms with van der Waals surface area (Å²) >= 11 is 3.22. The molecule has 2 heterocycles. The van der Waals surface area contributed by atoms with Gasteiger partial charge in [0.1, 0.15) is 16.4 Å². The first kappa shape index (κ1) is 14.5. The van der Waals surface area contributed by atoms with E-state index in [0.29, 0.717) is 4.47 Å². The van der Waals surface area contributed by atoms with Crippen molar-refractivity contribution < 1.29 is 13.2 Å². The van der Waals surface area contributed by atoms with Crippen LogP contribution in [0.5, 0.6) is 0 Å². The zero-order valence-corrected chi connectivity index (χ0v) is 12.8. The summed E-state index contributed by atoms with van der Waals surface area (Å²) in [6.07, 6.45) is 2.77. The lowest BCUT2D eigenvalue weighted by Crippen LogP contribution is -2.14. The van der Waals surface area contributed by atoms with Crippen LogP contribution >= 0.6 is 15.9 Å². The number of carbonyl (C=O) groups excluding carboxylic acids is 1. The number of nitrogens with zero attached hydrogens (tertiary/aromatic N) is 2. The summed E-state index contributed by atoms with van der Waals surface area (Å²) in [5, 5.41) is 0. The highest BCUT2D eigenvalue weighted by Crippen LogP contribution is 2.19. The van der Waals surface area contributed by atoms with Gasteiger partial charge in [-0.3, -0.25) is 9.52 Å². The minimum atomic E-state index is -3.83. The molecule has 0 aliphatic carbocycles. The highest BCUT2D eigenvalue weighted by atomic mass is 79.9. The van der Waals surface area contributed by atoms with Crippen molar-refractivity contribution in [1.29, 1.82) is 0 Å². The number of pyridine rings is 1. The molecule has 2 rings (SSSR count). The van der Waals surface area contributed by atoms with Crippen LogP contribution in [0.2, 0.25) is 0 Å². The number of nitrogens with two attached hydrogens (primary N) is 1. The third-order valence-electron chi connectivity index (χ3n) is 2.50. The second-order valence-corrected chi connectivity index (χ2v) is 6.60. The molecule has 0 fully saturated rings. The SMILES string of the molecule is Cn1cc(S(=O)(=O)Nc2cc(Br)ccn2)cc1C(N)=O. The molecular formula is C11H11BrN4O3S. The van der Waals surface area contributed by atoms with Crippen molar-refractivity contribution in [1.82, 2.24) is 9.55 Å². The molecule has 0 radical (unpaired) electrons. The summed E-state index contributed by atoms with van der Waals surface area (Å²) in [6.45, 7) is 0. The molecule has 0 spiro atoms. The number of carbonyl (C=O) groups is 1. The van der Waals surface area contributed by atoms with Gasteiger partial charge in [0.15, 0.2) is 0 Å². The molecule has 0 atom stereocenters. The molecule has 2 aromatic rings. The Bertz CT molecular complexity index is 770. The maximum Gasteiger partial charge on any atom is 0.265 e. The smallest absolute Gasteiger partial charge is 0.265 e. The van der Waals surface area contributed by atoms with E-state index in [1.54, 1.807) is 6.07 Å². The lowest BCUT2D eigenvalue weighted by molar-refractivity contribution is 0.0992. The number of amides is 1. The van der Waals surface area contributed by atoms with Gasteiger partial charge in [0, 0.05) is 23.9 Å². The van der Waals surface area contributed by atoms with E-state index in [0.717, 1.165) is 0 Å². The van der Waals surface area contributed by atoms with Crippen molar-refractivity contribution in [2.45, 2.75) is 4.90 Å². The lowest BCUT2D eigenvalue weighted by Gasteiger charge is -2.05. The summed E-state index contributed by atoms with van der Waals surface area (Å²) < 4.78 is 28.7. The summed E-state index contributed by atoms with van der Waals surface area (Å²) in [7, 11) is -2.29. The number of anilines is 1. The number of nitrogens with one attached hydrogen (secondary N) is 1. The van der Waals surface area contributed by atoms with Gasteiger partial charge >= 0.3 is 0 Å². The first-order chi connectivity index (χ1) is 9.29. The van der Waals surface area contributed by atoms with Crippen LogP contribution in [0.1, 0.15) is 10.5 Å². The molecule has 7 nitrogen and oxygen atoms in total. The molecule has 0 aliphatic rings. The second-order valence-electron chi connectivity index (χ2n) is 4.00. The number of rotatable bonds is 4. The number of aryl methyl sites for hydroxylation is 1. The Labute approximate surface area is 124 Å². The Morgan fingerprint density at radius 3 is 2.70 bits per heavy atom. The molecule has 0 saturated carbocycles. The van der Waals surface area contributed by atoms with Crippen LogP contribution in [0.4, 0.5) is 5.82 Å². The maximum atomic E-state index is 12.2. The van der Waals surface area contributed by atoms with Gasteiger partial charge < -0.3 is 10.3 Å². The van der Waals surface area contributed by atoms with Crippen LogP contribution in [0.15, 0.2) is 40.0 Å². The first-order valence-corrected chi connectivity index (χ1v) is 7.68. The molecular weight excluding hydrogens is 348 g/mol. The molecule has 0 bridgehead atoms. The number of halogens is 1. The number of aromatic nitrogens is 2. The highest BCUT2D eigenvalue weighted by Gasteiger charge is 2.20. The van der Waals surface area contributed by atoms with Gasteiger partial charge in [-0.15, -0.1) is 0 Å². The van der Waals surface area contributed by atoms with Gasteiger partial charge in [0.25, 0.3) is 15.9 Å². The quantitative estimate of drug-likeness (QED) is 0.852. The summed E-state index contributed by atoms with van der Waals surface area (Å²) in [5.74, 6) is -0.529. The normalized spacial score (nSPS) is 11.3. The fourth-order valence-corrected chi connectivity index (χ4v) is 2.99. The van der Waals surface area contributed by atoms with Gasteiger partial charge in [-0.05, 0) is 18.2 Å². The largest absolute Gasteiger partial charge is 0.364 e. The van der Waals surface area contributed by atoms with E-state index >= 15 is 0 Å². The van der Waals surface area contributed by atoms with Crippen LogP contribution in [0.25, 0.3) is 0 Å². The van der Waals surface area contributed by atoms with Crippen molar-refractivity contribution in [3.63, 3.8) is 0 Å². The van der Waals surface area contributed by atoms with Gasteiger partial charge in [-0.1, -0.05) is 15.9 Å². The molecule has 9 heteroatoms. The van der Waals surface area contributed by atoms with Crippen LogP contribution in [0.3, 0.4) is 0 Å². The van der Waals surface area contributed by atoms with Crippen LogP contribution in [0, 0.1) is 0 Å². The van der Waals surface area contributed by atoms with E-state index in [-0.39, 0.29) is 16.4 Å². The molecule has 2 aromatic heterocycles. The van der Waals surface area contributed by atoms with Crippen LogP contribution in [-0.4, -0.2) is 23.9 Å². The van der Waals surface area contributed by atoms with E-state index in [1.165, 1.54) is 36.1 Å². The third-order valence-corrected chi connectivity index (χ3v) is 4.32. The molecule has 0 saturated heterocycles. The van der Waals surface area contributed by atoms with Crippen molar-refractivity contribution >= 4 is 37.7 Å². The molecule has 20 heavy (non-hydrogen) atoms. The van der Waals surface area contributed by atoms with Crippen molar-refractivity contribution in [2.75, 3.05) is 4.72 Å². The molecule has 3 N–H and O–H groups in total. The molecule has 0 unspecified atom stereocenters. The van der Waals surface area contributed by atoms with Gasteiger partial charge in [0.05, 0.1) is 0 Å².